The molecule has 0 aromatic carbocycles. The van der Waals surface area contributed by atoms with Crippen LogP contribution in [0.25, 0.3) is 6.08 Å². The van der Waals surface area contributed by atoms with Gasteiger partial charge in [-0.2, -0.15) is 0 Å². The predicted molar refractivity (Wildman–Crippen MR) is 60.4 cm³/mol. The fourth-order valence-electron chi connectivity index (χ4n) is 1.83. The summed E-state index contributed by atoms with van der Waals surface area (Å²) in [5.74, 6) is 1.11. The first-order valence-corrected chi connectivity index (χ1v) is 5.23. The van der Waals surface area contributed by atoms with Gasteiger partial charge in [0.2, 0.25) is 0 Å². The van der Waals surface area contributed by atoms with Crippen LogP contribution in [-0.2, 0) is 0 Å². The van der Waals surface area contributed by atoms with E-state index in [2.05, 4.69) is 28.6 Å². The molecule has 0 aliphatic carbocycles. The Balaban J connectivity index is 2.11. The molecule has 0 N–H and O–H groups in total. The predicted octanol–water partition coefficient (Wildman–Crippen LogP) is 2.71. The second kappa shape index (κ2) is 4.27. The van der Waals surface area contributed by atoms with Crippen molar-refractivity contribution in [3.05, 3.63) is 30.5 Å². The van der Waals surface area contributed by atoms with Crippen LogP contribution in [0.5, 0.6) is 0 Å². The van der Waals surface area contributed by atoms with Crippen molar-refractivity contribution in [2.24, 2.45) is 0 Å². The largest absolute Gasteiger partial charge is 0.357 e. The quantitative estimate of drug-likeness (QED) is 0.709. The average molecular weight is 188 g/mol. The van der Waals surface area contributed by atoms with Crippen LogP contribution in [0.4, 0.5) is 5.82 Å². The number of aromatic nitrogens is 1. The van der Waals surface area contributed by atoms with Crippen LogP contribution in [0.1, 0.15) is 24.8 Å². The lowest BCUT2D eigenvalue weighted by Crippen LogP contribution is -2.29. The molecule has 0 bridgehead atoms. The number of hydrogen-bond acceptors (Lipinski definition) is 2. The zero-order valence-corrected chi connectivity index (χ0v) is 8.45. The minimum atomic E-state index is 1.09. The van der Waals surface area contributed by atoms with E-state index in [-0.39, 0.29) is 0 Å². The summed E-state index contributed by atoms with van der Waals surface area (Å²) in [5, 5.41) is 0. The van der Waals surface area contributed by atoms with E-state index in [1.54, 1.807) is 0 Å². The molecule has 0 saturated carbocycles. The molecule has 1 fully saturated rings. The molecule has 0 radical (unpaired) electrons. The van der Waals surface area contributed by atoms with Crippen LogP contribution in [0.15, 0.2) is 24.9 Å². The van der Waals surface area contributed by atoms with Gasteiger partial charge in [0.1, 0.15) is 5.82 Å². The number of pyridine rings is 1. The highest BCUT2D eigenvalue weighted by molar-refractivity contribution is 5.49. The topological polar surface area (TPSA) is 16.1 Å². The molecule has 0 atom stereocenters. The Labute approximate surface area is 85.3 Å². The van der Waals surface area contributed by atoms with E-state index in [1.807, 2.05) is 12.3 Å². The first kappa shape index (κ1) is 9.25. The third kappa shape index (κ3) is 1.95. The molecule has 1 saturated heterocycles. The van der Waals surface area contributed by atoms with E-state index in [0.29, 0.717) is 0 Å². The molecular weight excluding hydrogens is 172 g/mol. The van der Waals surface area contributed by atoms with Crippen molar-refractivity contribution < 1.29 is 0 Å². The van der Waals surface area contributed by atoms with Crippen LogP contribution in [0.2, 0.25) is 0 Å². The highest BCUT2D eigenvalue weighted by Gasteiger charge is 2.10. The maximum absolute atomic E-state index is 4.43. The van der Waals surface area contributed by atoms with Gasteiger partial charge in [-0.3, -0.25) is 0 Å². The summed E-state index contributed by atoms with van der Waals surface area (Å²) < 4.78 is 0. The van der Waals surface area contributed by atoms with Crippen LogP contribution in [0, 0.1) is 0 Å². The summed E-state index contributed by atoms with van der Waals surface area (Å²) in [5.41, 5.74) is 1.09. The Morgan fingerprint density at radius 1 is 1.21 bits per heavy atom. The van der Waals surface area contributed by atoms with Crippen molar-refractivity contribution in [1.29, 1.82) is 0 Å². The SMILES string of the molecule is C=Cc1ccc(N2CCCCC2)nc1. The molecule has 1 aliphatic rings. The summed E-state index contributed by atoms with van der Waals surface area (Å²) in [6.45, 7) is 6.03. The van der Waals surface area contributed by atoms with Gasteiger partial charge in [0.15, 0.2) is 0 Å². The third-order valence-corrected chi connectivity index (χ3v) is 2.69. The lowest BCUT2D eigenvalue weighted by molar-refractivity contribution is 0.573. The maximum atomic E-state index is 4.43. The van der Waals surface area contributed by atoms with E-state index in [0.717, 1.165) is 24.5 Å². The minimum absolute atomic E-state index is 1.09. The second-order valence-corrected chi connectivity index (χ2v) is 3.70. The van der Waals surface area contributed by atoms with Gasteiger partial charge in [-0.1, -0.05) is 12.7 Å². The third-order valence-electron chi connectivity index (χ3n) is 2.69. The molecule has 2 heterocycles. The Kier molecular flexibility index (Phi) is 2.82. The molecule has 0 spiro atoms. The normalized spacial score (nSPS) is 16.7. The molecule has 14 heavy (non-hydrogen) atoms. The van der Waals surface area contributed by atoms with Gasteiger partial charge in [0.05, 0.1) is 0 Å². The number of hydrogen-bond donors (Lipinski definition) is 0. The van der Waals surface area contributed by atoms with Gasteiger partial charge < -0.3 is 4.90 Å². The summed E-state index contributed by atoms with van der Waals surface area (Å²) >= 11 is 0. The van der Waals surface area contributed by atoms with Crippen molar-refractivity contribution in [1.82, 2.24) is 4.98 Å². The van der Waals surface area contributed by atoms with Crippen molar-refractivity contribution in [2.45, 2.75) is 19.3 Å². The smallest absolute Gasteiger partial charge is 0.128 e. The lowest BCUT2D eigenvalue weighted by Gasteiger charge is -2.27. The molecule has 2 nitrogen and oxygen atoms in total. The highest BCUT2D eigenvalue weighted by atomic mass is 15.2. The number of piperidine rings is 1. The maximum Gasteiger partial charge on any atom is 0.128 e. The zero-order valence-electron chi connectivity index (χ0n) is 8.45. The Morgan fingerprint density at radius 2 is 2.00 bits per heavy atom. The number of nitrogens with zero attached hydrogens (tertiary/aromatic N) is 2. The fraction of sp³-hybridized carbons (Fsp3) is 0.417. The monoisotopic (exact) mass is 188 g/mol. The standard InChI is InChI=1S/C12H16N2/c1-2-11-6-7-12(13-10-11)14-8-4-3-5-9-14/h2,6-7,10H,1,3-5,8-9H2. The Bertz CT molecular complexity index is 297. The lowest BCUT2D eigenvalue weighted by atomic mass is 10.1. The molecule has 0 unspecified atom stereocenters. The van der Waals surface area contributed by atoms with E-state index in [9.17, 15) is 0 Å². The minimum Gasteiger partial charge on any atom is -0.357 e. The van der Waals surface area contributed by atoms with Crippen LogP contribution in [-0.4, -0.2) is 18.1 Å². The summed E-state index contributed by atoms with van der Waals surface area (Å²) in [7, 11) is 0. The first-order chi connectivity index (χ1) is 6.90. The molecule has 1 aliphatic heterocycles. The molecule has 2 heteroatoms. The number of anilines is 1. The highest BCUT2D eigenvalue weighted by Crippen LogP contribution is 2.17. The Morgan fingerprint density at radius 3 is 2.57 bits per heavy atom. The molecule has 1 aromatic rings. The van der Waals surface area contributed by atoms with Crippen molar-refractivity contribution >= 4 is 11.9 Å². The van der Waals surface area contributed by atoms with Crippen LogP contribution < -0.4 is 4.90 Å². The molecule has 1 aromatic heterocycles. The first-order valence-electron chi connectivity index (χ1n) is 5.23. The van der Waals surface area contributed by atoms with Gasteiger partial charge in [-0.25, -0.2) is 4.98 Å². The van der Waals surface area contributed by atoms with Crippen molar-refractivity contribution in [3.8, 4) is 0 Å². The summed E-state index contributed by atoms with van der Waals surface area (Å²) in [4.78, 5) is 6.79. The van der Waals surface area contributed by atoms with E-state index < -0.39 is 0 Å². The van der Waals surface area contributed by atoms with Crippen LogP contribution in [0.3, 0.4) is 0 Å². The van der Waals surface area contributed by atoms with Crippen molar-refractivity contribution in [3.63, 3.8) is 0 Å². The summed E-state index contributed by atoms with van der Waals surface area (Å²) in [6, 6.07) is 4.16. The van der Waals surface area contributed by atoms with E-state index in [4.69, 9.17) is 0 Å². The molecule has 74 valence electrons. The summed E-state index contributed by atoms with van der Waals surface area (Å²) in [6.07, 6.45) is 7.67. The Hall–Kier alpha value is -1.31. The van der Waals surface area contributed by atoms with Gasteiger partial charge in [0.25, 0.3) is 0 Å². The average Bonchev–Trinajstić information content (AvgIpc) is 2.30. The van der Waals surface area contributed by atoms with Gasteiger partial charge in [-0.15, -0.1) is 0 Å². The van der Waals surface area contributed by atoms with Gasteiger partial charge in [-0.05, 0) is 37.0 Å². The van der Waals surface area contributed by atoms with E-state index >= 15 is 0 Å². The molecule has 0 amide bonds. The molecule has 2 rings (SSSR count). The van der Waals surface area contributed by atoms with Gasteiger partial charge >= 0.3 is 0 Å². The second-order valence-electron chi connectivity index (χ2n) is 3.70. The van der Waals surface area contributed by atoms with Crippen molar-refractivity contribution in [2.75, 3.05) is 18.0 Å². The molecular formula is C12H16N2. The number of rotatable bonds is 2. The van der Waals surface area contributed by atoms with E-state index in [1.165, 1.54) is 19.3 Å². The fourth-order valence-corrected chi connectivity index (χ4v) is 1.83. The van der Waals surface area contributed by atoms with Gasteiger partial charge in [0, 0.05) is 19.3 Å². The zero-order chi connectivity index (χ0) is 9.80. The van der Waals surface area contributed by atoms with Crippen LogP contribution >= 0.6 is 0 Å².